The highest BCUT2D eigenvalue weighted by Gasteiger charge is 2.17. The van der Waals surface area contributed by atoms with Gasteiger partial charge in [0, 0.05) is 37.9 Å². The van der Waals surface area contributed by atoms with Crippen LogP contribution in [0.15, 0.2) is 77.2 Å². The molecule has 1 aliphatic rings. The number of rotatable bonds is 10. The van der Waals surface area contributed by atoms with Crippen LogP contribution in [0.25, 0.3) is 11.0 Å². The standard InChI is InChI=1S/C30H31NO4.ClH/c1-21(24-5-3-2-4-6-24)19-31(20-23-8-9-28-25(16-23)12-14-34-28)13-11-27-18-26-15-22(17-30(32)33)7-10-29(26)35-27;/h2-10,15-16,18,21H,11-14,17,19-20H2,1H3,(H,32,33);1H. The molecule has 0 saturated heterocycles. The van der Waals surface area contributed by atoms with E-state index in [1.165, 1.54) is 16.7 Å². The fraction of sp³-hybridized carbons (Fsp3) is 0.300. The number of furan rings is 1. The molecule has 0 bridgehead atoms. The molecule has 5 rings (SSSR count). The van der Waals surface area contributed by atoms with Gasteiger partial charge in [-0.15, -0.1) is 12.4 Å². The predicted octanol–water partition coefficient (Wildman–Crippen LogP) is 6.27. The molecule has 1 aromatic heterocycles. The molecule has 6 heteroatoms. The van der Waals surface area contributed by atoms with Crippen LogP contribution in [0, 0.1) is 0 Å². The molecule has 0 saturated carbocycles. The molecule has 3 aromatic carbocycles. The molecule has 1 aliphatic heterocycles. The van der Waals surface area contributed by atoms with E-state index in [4.69, 9.17) is 14.3 Å². The topological polar surface area (TPSA) is 62.9 Å². The summed E-state index contributed by atoms with van der Waals surface area (Å²) in [5.74, 6) is 1.52. The summed E-state index contributed by atoms with van der Waals surface area (Å²) in [5, 5.41) is 10.0. The quantitative estimate of drug-likeness (QED) is 0.275. The second-order valence-corrected chi connectivity index (χ2v) is 9.49. The van der Waals surface area contributed by atoms with E-state index in [-0.39, 0.29) is 18.8 Å². The van der Waals surface area contributed by atoms with Crippen molar-refractivity contribution >= 4 is 29.3 Å². The van der Waals surface area contributed by atoms with Gasteiger partial charge >= 0.3 is 5.97 Å². The Hall–Kier alpha value is -3.28. The third-order valence-electron chi connectivity index (χ3n) is 6.72. The smallest absolute Gasteiger partial charge is 0.307 e. The van der Waals surface area contributed by atoms with E-state index in [0.717, 1.165) is 67.1 Å². The van der Waals surface area contributed by atoms with Crippen LogP contribution in [0.2, 0.25) is 0 Å². The Kier molecular flexibility index (Phi) is 8.34. The maximum absolute atomic E-state index is 11.1. The number of hydrogen-bond donors (Lipinski definition) is 1. The van der Waals surface area contributed by atoms with Crippen LogP contribution >= 0.6 is 12.4 Å². The average molecular weight is 506 g/mol. The molecule has 5 nitrogen and oxygen atoms in total. The van der Waals surface area contributed by atoms with Gasteiger partial charge in [-0.3, -0.25) is 9.69 Å². The number of nitrogens with zero attached hydrogens (tertiary/aromatic N) is 1. The first-order valence-electron chi connectivity index (χ1n) is 12.3. The van der Waals surface area contributed by atoms with Gasteiger partial charge in [0.2, 0.25) is 0 Å². The van der Waals surface area contributed by atoms with E-state index in [0.29, 0.717) is 5.92 Å². The fourth-order valence-electron chi connectivity index (χ4n) is 4.93. The molecule has 0 spiro atoms. The number of carboxylic acids is 1. The number of fused-ring (bicyclic) bond motifs is 2. The van der Waals surface area contributed by atoms with Gasteiger partial charge in [0.1, 0.15) is 17.1 Å². The zero-order valence-electron chi connectivity index (χ0n) is 20.5. The highest BCUT2D eigenvalue weighted by Crippen LogP contribution is 2.27. The van der Waals surface area contributed by atoms with Crippen LogP contribution in [0.3, 0.4) is 0 Å². The lowest BCUT2D eigenvalue weighted by Gasteiger charge is -2.26. The first-order chi connectivity index (χ1) is 17.0. The zero-order chi connectivity index (χ0) is 24.2. The molecule has 2 heterocycles. The van der Waals surface area contributed by atoms with Crippen molar-refractivity contribution in [2.75, 3.05) is 19.7 Å². The predicted molar refractivity (Wildman–Crippen MR) is 144 cm³/mol. The first-order valence-corrected chi connectivity index (χ1v) is 12.3. The van der Waals surface area contributed by atoms with Gasteiger partial charge in [0.05, 0.1) is 13.0 Å². The summed E-state index contributed by atoms with van der Waals surface area (Å²) in [6.45, 7) is 5.73. The second kappa shape index (κ2) is 11.6. The molecule has 1 unspecified atom stereocenters. The molecule has 0 aliphatic carbocycles. The third kappa shape index (κ3) is 6.28. The van der Waals surface area contributed by atoms with Crippen LogP contribution in [0.4, 0.5) is 0 Å². The average Bonchev–Trinajstić information content (AvgIpc) is 3.48. The van der Waals surface area contributed by atoms with Gasteiger partial charge in [0.15, 0.2) is 0 Å². The van der Waals surface area contributed by atoms with E-state index in [1.807, 2.05) is 24.3 Å². The molecule has 1 N–H and O–H groups in total. The Morgan fingerprint density at radius 2 is 1.83 bits per heavy atom. The Morgan fingerprint density at radius 1 is 1.03 bits per heavy atom. The fourth-order valence-corrected chi connectivity index (χ4v) is 4.93. The van der Waals surface area contributed by atoms with E-state index in [2.05, 4.69) is 60.4 Å². The van der Waals surface area contributed by atoms with E-state index < -0.39 is 5.97 Å². The molecule has 0 radical (unpaired) electrons. The third-order valence-corrected chi connectivity index (χ3v) is 6.72. The van der Waals surface area contributed by atoms with E-state index >= 15 is 0 Å². The summed E-state index contributed by atoms with van der Waals surface area (Å²) in [4.78, 5) is 13.6. The molecule has 188 valence electrons. The van der Waals surface area contributed by atoms with Gasteiger partial charge in [-0.05, 0) is 52.4 Å². The maximum atomic E-state index is 11.1. The molecule has 36 heavy (non-hydrogen) atoms. The second-order valence-electron chi connectivity index (χ2n) is 9.49. The number of carboxylic acid groups (broad SMARTS) is 1. The lowest BCUT2D eigenvalue weighted by molar-refractivity contribution is -0.136. The normalized spacial score (nSPS) is 13.3. The number of halogens is 1. The Labute approximate surface area is 218 Å². The maximum Gasteiger partial charge on any atom is 0.307 e. The summed E-state index contributed by atoms with van der Waals surface area (Å²) >= 11 is 0. The van der Waals surface area contributed by atoms with Gasteiger partial charge in [-0.2, -0.15) is 0 Å². The van der Waals surface area contributed by atoms with Crippen molar-refractivity contribution in [1.82, 2.24) is 4.90 Å². The van der Waals surface area contributed by atoms with Gasteiger partial charge in [0.25, 0.3) is 0 Å². The minimum atomic E-state index is -0.825. The summed E-state index contributed by atoms with van der Waals surface area (Å²) in [6.07, 6.45) is 1.79. The van der Waals surface area contributed by atoms with Crippen molar-refractivity contribution < 1.29 is 19.1 Å². The number of carbonyl (C=O) groups is 1. The zero-order valence-corrected chi connectivity index (χ0v) is 21.3. The summed E-state index contributed by atoms with van der Waals surface area (Å²) < 4.78 is 11.8. The van der Waals surface area contributed by atoms with Crippen molar-refractivity contribution in [1.29, 1.82) is 0 Å². The van der Waals surface area contributed by atoms with Crippen molar-refractivity contribution in [2.24, 2.45) is 0 Å². The van der Waals surface area contributed by atoms with Gasteiger partial charge in [-0.1, -0.05) is 55.5 Å². The van der Waals surface area contributed by atoms with Crippen LogP contribution in [-0.2, 0) is 30.6 Å². The Morgan fingerprint density at radius 3 is 2.64 bits per heavy atom. The molecular weight excluding hydrogens is 474 g/mol. The number of aliphatic carboxylic acids is 1. The highest BCUT2D eigenvalue weighted by atomic mass is 35.5. The lowest BCUT2D eigenvalue weighted by atomic mass is 10.00. The molecule has 0 amide bonds. The van der Waals surface area contributed by atoms with Crippen molar-refractivity contribution in [3.05, 3.63) is 101 Å². The van der Waals surface area contributed by atoms with Crippen molar-refractivity contribution in [3.63, 3.8) is 0 Å². The highest BCUT2D eigenvalue weighted by molar-refractivity contribution is 5.85. The number of benzene rings is 3. The minimum absolute atomic E-state index is 0. The largest absolute Gasteiger partial charge is 0.493 e. The molecule has 1 atom stereocenters. The minimum Gasteiger partial charge on any atom is -0.493 e. The summed E-state index contributed by atoms with van der Waals surface area (Å²) in [5.41, 5.74) is 5.54. The van der Waals surface area contributed by atoms with Crippen molar-refractivity contribution in [3.8, 4) is 5.75 Å². The van der Waals surface area contributed by atoms with Crippen LogP contribution < -0.4 is 4.74 Å². The Bertz CT molecular complexity index is 1320. The molecule has 4 aromatic rings. The first kappa shape index (κ1) is 25.8. The van der Waals surface area contributed by atoms with E-state index in [1.54, 1.807) is 0 Å². The van der Waals surface area contributed by atoms with E-state index in [9.17, 15) is 4.79 Å². The van der Waals surface area contributed by atoms with Gasteiger partial charge in [-0.25, -0.2) is 0 Å². The number of hydrogen-bond acceptors (Lipinski definition) is 4. The van der Waals surface area contributed by atoms with Gasteiger partial charge < -0.3 is 14.3 Å². The van der Waals surface area contributed by atoms with Crippen molar-refractivity contribution in [2.45, 2.75) is 38.6 Å². The molecule has 0 fully saturated rings. The molecular formula is C30H32ClNO4. The number of ether oxygens (including phenoxy) is 1. The lowest BCUT2D eigenvalue weighted by Crippen LogP contribution is -2.29. The van der Waals surface area contributed by atoms with Crippen LogP contribution in [0.5, 0.6) is 5.75 Å². The van der Waals surface area contributed by atoms with Crippen LogP contribution in [0.1, 0.15) is 40.9 Å². The monoisotopic (exact) mass is 505 g/mol. The summed E-state index contributed by atoms with van der Waals surface area (Å²) in [7, 11) is 0. The summed E-state index contributed by atoms with van der Waals surface area (Å²) in [6, 6.07) is 24.9. The van der Waals surface area contributed by atoms with Crippen LogP contribution in [-0.4, -0.2) is 35.7 Å². The SMILES string of the molecule is CC(CN(CCc1cc2cc(CC(=O)O)ccc2o1)Cc1ccc2c(c1)CCO2)c1ccccc1.Cl. The Balaban J connectivity index is 0.00000304.